The summed E-state index contributed by atoms with van der Waals surface area (Å²) in [7, 11) is -4.34. The second-order valence-electron chi connectivity index (χ2n) is 6.49. The number of sulfonamides is 1. The summed E-state index contributed by atoms with van der Waals surface area (Å²) in [4.78, 5) is 11.1. The molecule has 1 fully saturated rings. The Labute approximate surface area is 169 Å². The minimum absolute atomic E-state index is 0.314. The molecule has 28 heavy (non-hydrogen) atoms. The normalized spacial score (nSPS) is 15.3. The van der Waals surface area contributed by atoms with Gasteiger partial charge in [-0.25, -0.2) is 13.2 Å². The van der Waals surface area contributed by atoms with Gasteiger partial charge in [-0.1, -0.05) is 15.9 Å². The minimum atomic E-state index is -4.34. The van der Waals surface area contributed by atoms with E-state index in [0.717, 1.165) is 12.5 Å². The van der Waals surface area contributed by atoms with Crippen LogP contribution in [0.5, 0.6) is 11.5 Å². The maximum atomic E-state index is 12.7. The zero-order valence-electron chi connectivity index (χ0n) is 14.3. The Morgan fingerprint density at radius 3 is 2.39 bits per heavy atom. The molecule has 0 aromatic heterocycles. The highest BCUT2D eigenvalue weighted by Gasteiger charge is 2.40. The zero-order chi connectivity index (χ0) is 20.7. The Hall–Kier alpha value is -2.77. The number of phenols is 2. The van der Waals surface area contributed by atoms with Crippen molar-refractivity contribution in [2.75, 3.05) is 4.72 Å². The largest absolute Gasteiger partial charge is 0.506 e. The van der Waals surface area contributed by atoms with Crippen LogP contribution in [-0.4, -0.2) is 29.7 Å². The molecule has 0 aliphatic heterocycles. The van der Waals surface area contributed by atoms with Crippen molar-refractivity contribution in [1.82, 2.24) is 0 Å². The topological polar surface area (TPSA) is 148 Å². The Kier molecular flexibility index (Phi) is 4.99. The van der Waals surface area contributed by atoms with E-state index in [9.17, 15) is 33.8 Å². The quantitative estimate of drug-likeness (QED) is 0.493. The standard InChI is InChI=1S/C18H15BrN2O6S/c19-11-2-3-15(14(22)8-11)28(26,27)21-13-7-10(18(9-20)4-1-5-18)6-12(16(13)23)17(24)25/h2-3,6-8,21-23H,1,4-5H2,(H,24,25). The number of hydrogen-bond acceptors (Lipinski definition) is 6. The number of rotatable bonds is 5. The van der Waals surface area contributed by atoms with Crippen molar-refractivity contribution in [3.63, 3.8) is 0 Å². The van der Waals surface area contributed by atoms with Crippen LogP contribution >= 0.6 is 15.9 Å². The fourth-order valence-electron chi connectivity index (χ4n) is 3.06. The van der Waals surface area contributed by atoms with E-state index in [4.69, 9.17) is 0 Å². The lowest BCUT2D eigenvalue weighted by Gasteiger charge is -2.36. The first-order valence-electron chi connectivity index (χ1n) is 8.13. The first kappa shape index (κ1) is 20.0. The summed E-state index contributed by atoms with van der Waals surface area (Å²) in [6.07, 6.45) is 1.80. The number of nitriles is 1. The number of carbonyl (C=O) groups is 1. The predicted octanol–water partition coefficient (Wildman–Crippen LogP) is 3.30. The lowest BCUT2D eigenvalue weighted by Crippen LogP contribution is -2.32. The molecular formula is C18H15BrN2O6S. The lowest BCUT2D eigenvalue weighted by atomic mass is 9.65. The number of halogens is 1. The highest BCUT2D eigenvalue weighted by atomic mass is 79.9. The fraction of sp³-hybridized carbons (Fsp3) is 0.222. The molecule has 0 unspecified atom stereocenters. The summed E-state index contributed by atoms with van der Waals surface area (Å²) in [5, 5.41) is 39.1. The molecule has 1 aliphatic rings. The Bertz CT molecular complexity index is 1120. The molecular weight excluding hydrogens is 452 g/mol. The minimum Gasteiger partial charge on any atom is -0.506 e. The first-order chi connectivity index (χ1) is 13.1. The van der Waals surface area contributed by atoms with Gasteiger partial charge in [0.05, 0.1) is 17.2 Å². The van der Waals surface area contributed by atoms with Gasteiger partial charge in [-0.05, 0) is 55.2 Å². The number of benzene rings is 2. The Morgan fingerprint density at radius 2 is 1.89 bits per heavy atom. The summed E-state index contributed by atoms with van der Waals surface area (Å²) in [6.45, 7) is 0. The average molecular weight is 467 g/mol. The van der Waals surface area contributed by atoms with Crippen molar-refractivity contribution in [2.45, 2.75) is 29.6 Å². The van der Waals surface area contributed by atoms with E-state index in [1.165, 1.54) is 24.3 Å². The van der Waals surface area contributed by atoms with Gasteiger partial charge in [0.15, 0.2) is 5.75 Å². The zero-order valence-corrected chi connectivity index (χ0v) is 16.7. The molecule has 3 rings (SSSR count). The van der Waals surface area contributed by atoms with Gasteiger partial charge in [0.2, 0.25) is 0 Å². The van der Waals surface area contributed by atoms with Gasteiger partial charge in [-0.15, -0.1) is 0 Å². The fourth-order valence-corrected chi connectivity index (χ4v) is 4.55. The number of nitrogens with one attached hydrogen (secondary N) is 1. The van der Waals surface area contributed by atoms with Gasteiger partial charge >= 0.3 is 5.97 Å². The van der Waals surface area contributed by atoms with E-state index >= 15 is 0 Å². The number of carboxylic acid groups (broad SMARTS) is 1. The maximum absolute atomic E-state index is 12.7. The van der Waals surface area contributed by atoms with E-state index in [2.05, 4.69) is 26.7 Å². The van der Waals surface area contributed by atoms with E-state index < -0.39 is 43.4 Å². The number of aromatic carboxylic acids is 1. The van der Waals surface area contributed by atoms with Crippen LogP contribution in [-0.2, 0) is 15.4 Å². The van der Waals surface area contributed by atoms with Gasteiger partial charge in [-0.3, -0.25) is 4.72 Å². The molecule has 0 amide bonds. The highest BCUT2D eigenvalue weighted by molar-refractivity contribution is 9.10. The molecule has 146 valence electrons. The molecule has 10 heteroatoms. The van der Waals surface area contributed by atoms with Gasteiger partial charge in [0, 0.05) is 4.47 Å². The van der Waals surface area contributed by atoms with Gasteiger partial charge < -0.3 is 15.3 Å². The molecule has 0 spiro atoms. The van der Waals surface area contributed by atoms with Gasteiger partial charge in [0.25, 0.3) is 10.0 Å². The smallest absolute Gasteiger partial charge is 0.339 e. The average Bonchev–Trinajstić information content (AvgIpc) is 2.56. The van der Waals surface area contributed by atoms with Crippen LogP contribution in [0, 0.1) is 11.3 Å². The summed E-state index contributed by atoms with van der Waals surface area (Å²) >= 11 is 3.11. The van der Waals surface area contributed by atoms with Crippen molar-refractivity contribution >= 4 is 37.6 Å². The van der Waals surface area contributed by atoms with Crippen molar-refractivity contribution in [1.29, 1.82) is 5.26 Å². The second kappa shape index (κ2) is 7.00. The van der Waals surface area contributed by atoms with Crippen LogP contribution < -0.4 is 4.72 Å². The third kappa shape index (κ3) is 3.39. The van der Waals surface area contributed by atoms with Crippen molar-refractivity contribution in [3.05, 3.63) is 45.9 Å². The number of aromatic hydroxyl groups is 2. The number of anilines is 1. The Balaban J connectivity index is 2.12. The van der Waals surface area contributed by atoms with Crippen LogP contribution in [0.4, 0.5) is 5.69 Å². The summed E-state index contributed by atoms with van der Waals surface area (Å²) < 4.78 is 27.9. The maximum Gasteiger partial charge on any atom is 0.339 e. The molecule has 0 bridgehead atoms. The van der Waals surface area contributed by atoms with Crippen LogP contribution in [0.2, 0.25) is 0 Å². The molecule has 0 atom stereocenters. The molecule has 1 saturated carbocycles. The van der Waals surface area contributed by atoms with Crippen molar-refractivity contribution in [2.24, 2.45) is 0 Å². The summed E-state index contributed by atoms with van der Waals surface area (Å²) in [6, 6.07) is 8.36. The lowest BCUT2D eigenvalue weighted by molar-refractivity contribution is 0.0693. The van der Waals surface area contributed by atoms with Gasteiger partial charge in [-0.2, -0.15) is 5.26 Å². The predicted molar refractivity (Wildman–Crippen MR) is 103 cm³/mol. The summed E-state index contributed by atoms with van der Waals surface area (Å²) in [5.41, 5.74) is -1.50. The highest BCUT2D eigenvalue weighted by Crippen LogP contribution is 2.46. The van der Waals surface area contributed by atoms with E-state index in [-0.39, 0.29) is 5.69 Å². The third-order valence-electron chi connectivity index (χ3n) is 4.77. The molecule has 2 aromatic carbocycles. The van der Waals surface area contributed by atoms with Crippen LogP contribution in [0.1, 0.15) is 35.2 Å². The SMILES string of the molecule is N#CC1(c2cc(NS(=O)(=O)c3ccc(Br)cc3O)c(O)c(C(=O)O)c2)CCC1. The number of phenolic OH excluding ortho intramolecular Hbond substituents is 1. The first-order valence-corrected chi connectivity index (χ1v) is 10.4. The van der Waals surface area contributed by atoms with Crippen LogP contribution in [0.15, 0.2) is 39.7 Å². The molecule has 0 saturated heterocycles. The molecule has 1 aliphatic carbocycles. The monoisotopic (exact) mass is 466 g/mol. The number of carboxylic acids is 1. The Morgan fingerprint density at radius 1 is 1.21 bits per heavy atom. The third-order valence-corrected chi connectivity index (χ3v) is 6.68. The molecule has 0 heterocycles. The van der Waals surface area contributed by atoms with Crippen LogP contribution in [0.3, 0.4) is 0 Å². The second-order valence-corrected chi connectivity index (χ2v) is 9.06. The van der Waals surface area contributed by atoms with E-state index in [1.807, 2.05) is 0 Å². The number of nitrogens with zero attached hydrogens (tertiary/aromatic N) is 1. The van der Waals surface area contributed by atoms with Crippen molar-refractivity contribution in [3.8, 4) is 17.6 Å². The van der Waals surface area contributed by atoms with E-state index in [1.54, 1.807) is 0 Å². The number of hydrogen-bond donors (Lipinski definition) is 4. The van der Waals surface area contributed by atoms with Crippen molar-refractivity contribution < 1.29 is 28.5 Å². The molecule has 0 radical (unpaired) electrons. The van der Waals surface area contributed by atoms with E-state index in [0.29, 0.717) is 22.9 Å². The summed E-state index contributed by atoms with van der Waals surface area (Å²) in [5.74, 6) is -2.76. The molecule has 2 aromatic rings. The van der Waals surface area contributed by atoms with Gasteiger partial charge in [0.1, 0.15) is 16.2 Å². The van der Waals surface area contributed by atoms with Crippen LogP contribution in [0.25, 0.3) is 0 Å². The molecule has 4 N–H and O–H groups in total. The molecule has 8 nitrogen and oxygen atoms in total.